The summed E-state index contributed by atoms with van der Waals surface area (Å²) in [6.45, 7) is 5.40. The van der Waals surface area contributed by atoms with Crippen LogP contribution in [0, 0.1) is 0 Å². The summed E-state index contributed by atoms with van der Waals surface area (Å²) in [5.74, 6) is 1.30. The molecule has 2 aromatic heterocycles. The Labute approximate surface area is 173 Å². The summed E-state index contributed by atoms with van der Waals surface area (Å²) in [7, 11) is 0. The fourth-order valence-electron chi connectivity index (χ4n) is 3.47. The van der Waals surface area contributed by atoms with Gasteiger partial charge in [0.2, 0.25) is 5.89 Å². The molecule has 1 aromatic carbocycles. The van der Waals surface area contributed by atoms with Gasteiger partial charge in [-0.25, -0.2) is 4.98 Å². The summed E-state index contributed by atoms with van der Waals surface area (Å²) in [4.78, 5) is 22.5. The average Bonchev–Trinajstić information content (AvgIpc) is 3.41. The molecule has 0 radical (unpaired) electrons. The number of unbranched alkanes of at least 4 members (excludes halogenated alkanes) is 1. The highest BCUT2D eigenvalue weighted by Crippen LogP contribution is 2.33. The summed E-state index contributed by atoms with van der Waals surface area (Å²) < 4.78 is 13.0. The Balaban J connectivity index is 1.64. The zero-order valence-electron chi connectivity index (χ0n) is 16.8. The Bertz CT molecular complexity index is 1030. The number of aromatic nitrogens is 4. The van der Waals surface area contributed by atoms with E-state index in [1.54, 1.807) is 4.57 Å². The maximum Gasteiger partial charge on any atom is 0.262 e. The highest BCUT2D eigenvalue weighted by atomic mass is 32.2. The quantitative estimate of drug-likeness (QED) is 0.404. The van der Waals surface area contributed by atoms with Crippen LogP contribution in [0.15, 0.2) is 38.7 Å². The van der Waals surface area contributed by atoms with E-state index in [0.717, 1.165) is 44.5 Å². The van der Waals surface area contributed by atoms with Crippen molar-refractivity contribution in [3.05, 3.63) is 46.3 Å². The summed E-state index contributed by atoms with van der Waals surface area (Å²) in [6, 6.07) is 7.46. The normalized spacial score (nSPS) is 17.8. The van der Waals surface area contributed by atoms with Gasteiger partial charge in [-0.3, -0.25) is 9.36 Å². The second-order valence-corrected chi connectivity index (χ2v) is 8.68. The van der Waals surface area contributed by atoms with Gasteiger partial charge in [0.25, 0.3) is 5.56 Å². The van der Waals surface area contributed by atoms with Crippen molar-refractivity contribution in [2.45, 2.75) is 69.0 Å². The minimum Gasteiger partial charge on any atom is -0.376 e. The molecule has 3 heterocycles. The Morgan fingerprint density at radius 2 is 2.17 bits per heavy atom. The van der Waals surface area contributed by atoms with Gasteiger partial charge in [-0.05, 0) is 38.3 Å². The number of aryl methyl sites for hydroxylation is 1. The zero-order valence-corrected chi connectivity index (χ0v) is 17.7. The number of nitrogens with zero attached hydrogens (tertiary/aromatic N) is 4. The first-order valence-corrected chi connectivity index (χ1v) is 11.1. The molecule has 0 bridgehead atoms. The minimum absolute atomic E-state index is 0.0324. The van der Waals surface area contributed by atoms with Crippen LogP contribution in [0.25, 0.3) is 10.9 Å². The van der Waals surface area contributed by atoms with E-state index < -0.39 is 0 Å². The molecule has 7 nitrogen and oxygen atoms in total. The van der Waals surface area contributed by atoms with Crippen LogP contribution in [-0.2, 0) is 17.7 Å². The van der Waals surface area contributed by atoms with Crippen LogP contribution in [0.2, 0.25) is 0 Å². The number of para-hydroxylation sites is 1. The topological polar surface area (TPSA) is 83.0 Å². The Morgan fingerprint density at radius 3 is 2.97 bits per heavy atom. The summed E-state index contributed by atoms with van der Waals surface area (Å²) in [5.41, 5.74) is 0.667. The fourth-order valence-corrected chi connectivity index (χ4v) is 4.42. The summed E-state index contributed by atoms with van der Waals surface area (Å²) in [5, 5.41) is 5.26. The van der Waals surface area contributed by atoms with Crippen LogP contribution in [-0.4, -0.2) is 32.4 Å². The van der Waals surface area contributed by atoms with Crippen LogP contribution in [0.3, 0.4) is 0 Å². The Kier molecular flexibility index (Phi) is 6.30. The van der Waals surface area contributed by atoms with Gasteiger partial charge in [0, 0.05) is 13.0 Å². The van der Waals surface area contributed by atoms with E-state index >= 15 is 0 Å². The number of ether oxygens (including phenoxy) is 1. The zero-order chi connectivity index (χ0) is 20.2. The predicted octanol–water partition coefficient (Wildman–Crippen LogP) is 4.15. The SMILES string of the molecule is CCCCc1noc([C@H](C)Sc2nc3ccccc3c(=O)n2C[C@@H]2CCCO2)n1. The van der Waals surface area contributed by atoms with Crippen molar-refractivity contribution < 1.29 is 9.26 Å². The van der Waals surface area contributed by atoms with Crippen LogP contribution in [0.4, 0.5) is 0 Å². The molecule has 0 N–H and O–H groups in total. The molecule has 0 saturated carbocycles. The summed E-state index contributed by atoms with van der Waals surface area (Å²) >= 11 is 1.47. The number of hydrogen-bond donors (Lipinski definition) is 0. The lowest BCUT2D eigenvalue weighted by atomic mass is 10.2. The van der Waals surface area contributed by atoms with E-state index in [-0.39, 0.29) is 16.9 Å². The Hall–Kier alpha value is -2.19. The molecule has 1 aliphatic heterocycles. The van der Waals surface area contributed by atoms with Gasteiger partial charge in [0.1, 0.15) is 0 Å². The molecule has 1 fully saturated rings. The van der Waals surface area contributed by atoms with Crippen LogP contribution >= 0.6 is 11.8 Å². The number of hydrogen-bond acceptors (Lipinski definition) is 7. The molecular weight excluding hydrogens is 388 g/mol. The smallest absolute Gasteiger partial charge is 0.262 e. The van der Waals surface area contributed by atoms with E-state index in [1.165, 1.54) is 11.8 Å². The second kappa shape index (κ2) is 9.09. The lowest BCUT2D eigenvalue weighted by Crippen LogP contribution is -2.29. The van der Waals surface area contributed by atoms with E-state index in [0.29, 0.717) is 28.5 Å². The highest BCUT2D eigenvalue weighted by molar-refractivity contribution is 7.99. The van der Waals surface area contributed by atoms with Crippen LogP contribution in [0.1, 0.15) is 56.5 Å². The molecule has 0 spiro atoms. The maximum atomic E-state index is 13.2. The van der Waals surface area contributed by atoms with Crippen molar-refractivity contribution in [1.29, 1.82) is 0 Å². The van der Waals surface area contributed by atoms with Crippen molar-refractivity contribution >= 4 is 22.7 Å². The van der Waals surface area contributed by atoms with Crippen molar-refractivity contribution in [2.75, 3.05) is 6.61 Å². The van der Waals surface area contributed by atoms with E-state index in [9.17, 15) is 4.79 Å². The van der Waals surface area contributed by atoms with Crippen molar-refractivity contribution in [3.8, 4) is 0 Å². The largest absolute Gasteiger partial charge is 0.376 e. The van der Waals surface area contributed by atoms with Gasteiger partial charge in [0.05, 0.1) is 28.8 Å². The van der Waals surface area contributed by atoms with Gasteiger partial charge in [0.15, 0.2) is 11.0 Å². The number of benzene rings is 1. The molecule has 4 rings (SSSR count). The second-order valence-electron chi connectivity index (χ2n) is 7.37. The van der Waals surface area contributed by atoms with Gasteiger partial charge in [-0.2, -0.15) is 4.98 Å². The van der Waals surface area contributed by atoms with E-state index in [2.05, 4.69) is 17.1 Å². The lowest BCUT2D eigenvalue weighted by molar-refractivity contribution is 0.0937. The first-order valence-electron chi connectivity index (χ1n) is 10.3. The monoisotopic (exact) mass is 414 g/mol. The fraction of sp³-hybridized carbons (Fsp3) is 0.524. The van der Waals surface area contributed by atoms with Crippen LogP contribution in [0.5, 0.6) is 0 Å². The predicted molar refractivity (Wildman–Crippen MR) is 112 cm³/mol. The maximum absolute atomic E-state index is 13.2. The van der Waals surface area contributed by atoms with Crippen molar-refractivity contribution in [2.24, 2.45) is 0 Å². The van der Waals surface area contributed by atoms with Gasteiger partial charge >= 0.3 is 0 Å². The molecular formula is C21H26N4O3S. The van der Waals surface area contributed by atoms with Crippen molar-refractivity contribution in [3.63, 3.8) is 0 Å². The molecule has 8 heteroatoms. The molecule has 0 amide bonds. The molecule has 154 valence electrons. The third kappa shape index (κ3) is 4.53. The minimum atomic E-state index is -0.110. The molecule has 0 aliphatic carbocycles. The molecule has 0 unspecified atom stereocenters. The lowest BCUT2D eigenvalue weighted by Gasteiger charge is -2.17. The first-order chi connectivity index (χ1) is 14.2. The number of fused-ring (bicyclic) bond motifs is 1. The standard InChI is InChI=1S/C21H26N4O3S/c1-3-4-11-18-23-19(28-24-18)14(2)29-21-22-17-10-6-5-9-16(17)20(26)25(21)13-15-8-7-12-27-15/h5-6,9-10,14-15H,3-4,7-8,11-13H2,1-2H3/t14-,15-/m0/s1. The molecule has 3 aromatic rings. The van der Waals surface area contributed by atoms with Crippen molar-refractivity contribution in [1.82, 2.24) is 19.7 Å². The van der Waals surface area contributed by atoms with Crippen LogP contribution < -0.4 is 5.56 Å². The van der Waals surface area contributed by atoms with Gasteiger partial charge < -0.3 is 9.26 Å². The van der Waals surface area contributed by atoms with E-state index in [4.69, 9.17) is 14.2 Å². The average molecular weight is 415 g/mol. The highest BCUT2D eigenvalue weighted by Gasteiger charge is 2.23. The first kappa shape index (κ1) is 20.1. The molecule has 29 heavy (non-hydrogen) atoms. The number of thioether (sulfide) groups is 1. The summed E-state index contributed by atoms with van der Waals surface area (Å²) in [6.07, 6.45) is 4.98. The molecule has 1 saturated heterocycles. The number of rotatable bonds is 8. The van der Waals surface area contributed by atoms with E-state index in [1.807, 2.05) is 31.2 Å². The third-order valence-corrected chi connectivity index (χ3v) is 6.18. The third-order valence-electron chi connectivity index (χ3n) is 5.10. The molecule has 2 atom stereocenters. The van der Waals surface area contributed by atoms with Gasteiger partial charge in [-0.15, -0.1) is 0 Å². The van der Waals surface area contributed by atoms with Gasteiger partial charge in [-0.1, -0.05) is 42.4 Å². The molecule has 1 aliphatic rings. The Morgan fingerprint density at radius 1 is 1.31 bits per heavy atom.